The molecular formula is C16H26N2O. The maximum atomic E-state index is 5.96. The maximum absolute atomic E-state index is 5.96. The third kappa shape index (κ3) is 4.92. The predicted molar refractivity (Wildman–Crippen MR) is 77.8 cm³/mol. The minimum Gasteiger partial charge on any atom is -0.372 e. The highest BCUT2D eigenvalue weighted by Crippen LogP contribution is 2.25. The van der Waals surface area contributed by atoms with Crippen LogP contribution in [0.4, 0.5) is 0 Å². The van der Waals surface area contributed by atoms with Gasteiger partial charge in [0.1, 0.15) is 0 Å². The van der Waals surface area contributed by atoms with Crippen LogP contribution in [0, 0.1) is 5.92 Å². The Morgan fingerprint density at radius 3 is 2.68 bits per heavy atom. The molecule has 3 heteroatoms. The summed E-state index contributed by atoms with van der Waals surface area (Å²) < 4.78 is 5.96. The van der Waals surface area contributed by atoms with E-state index in [-0.39, 0.29) is 0 Å². The third-order valence-electron chi connectivity index (χ3n) is 3.89. The van der Waals surface area contributed by atoms with Gasteiger partial charge in [-0.1, -0.05) is 19.9 Å². The fourth-order valence-corrected chi connectivity index (χ4v) is 2.51. The first kappa shape index (κ1) is 14.5. The zero-order chi connectivity index (χ0) is 13.5. The van der Waals surface area contributed by atoms with Crippen molar-refractivity contribution in [2.75, 3.05) is 6.54 Å². The van der Waals surface area contributed by atoms with Crippen LogP contribution < -0.4 is 5.32 Å². The van der Waals surface area contributed by atoms with Crippen LogP contribution in [0.5, 0.6) is 0 Å². The summed E-state index contributed by atoms with van der Waals surface area (Å²) in [5.74, 6) is 0.878. The molecule has 0 spiro atoms. The Kier molecular flexibility index (Phi) is 5.80. The summed E-state index contributed by atoms with van der Waals surface area (Å²) >= 11 is 0. The van der Waals surface area contributed by atoms with Gasteiger partial charge in [-0.15, -0.1) is 0 Å². The van der Waals surface area contributed by atoms with Crippen molar-refractivity contribution < 1.29 is 4.74 Å². The molecule has 0 aromatic carbocycles. The second-order valence-electron chi connectivity index (χ2n) is 5.63. The first-order chi connectivity index (χ1) is 9.28. The second kappa shape index (κ2) is 7.61. The van der Waals surface area contributed by atoms with Crippen LogP contribution in [-0.4, -0.2) is 17.6 Å². The zero-order valence-corrected chi connectivity index (χ0v) is 12.2. The molecule has 1 aromatic heterocycles. The quantitative estimate of drug-likeness (QED) is 0.854. The molecule has 1 aromatic rings. The summed E-state index contributed by atoms with van der Waals surface area (Å²) in [7, 11) is 0. The fourth-order valence-electron chi connectivity index (χ4n) is 2.51. The van der Waals surface area contributed by atoms with Gasteiger partial charge in [-0.25, -0.2) is 0 Å². The van der Waals surface area contributed by atoms with Crippen LogP contribution in [0.15, 0.2) is 18.3 Å². The van der Waals surface area contributed by atoms with Gasteiger partial charge in [-0.2, -0.15) is 0 Å². The monoisotopic (exact) mass is 262 g/mol. The molecule has 0 saturated heterocycles. The highest BCUT2D eigenvalue weighted by atomic mass is 16.5. The number of rotatable bonds is 6. The number of ether oxygens (including phenoxy) is 1. The Labute approximate surface area is 116 Å². The molecule has 1 heterocycles. The largest absolute Gasteiger partial charge is 0.372 e. The zero-order valence-electron chi connectivity index (χ0n) is 12.2. The second-order valence-corrected chi connectivity index (χ2v) is 5.63. The molecule has 0 radical (unpaired) electrons. The molecule has 0 atom stereocenters. The lowest BCUT2D eigenvalue weighted by atomic mass is 9.89. The van der Waals surface area contributed by atoms with E-state index in [1.807, 2.05) is 6.20 Å². The molecule has 0 amide bonds. The van der Waals surface area contributed by atoms with Crippen LogP contribution in [0.3, 0.4) is 0 Å². The molecule has 1 aliphatic rings. The van der Waals surface area contributed by atoms with Crippen molar-refractivity contribution in [1.29, 1.82) is 0 Å². The molecule has 0 aliphatic heterocycles. The van der Waals surface area contributed by atoms with E-state index in [9.17, 15) is 0 Å². The molecule has 1 fully saturated rings. The third-order valence-corrected chi connectivity index (χ3v) is 3.89. The van der Waals surface area contributed by atoms with Gasteiger partial charge >= 0.3 is 0 Å². The normalized spacial score (nSPS) is 23.5. The summed E-state index contributed by atoms with van der Waals surface area (Å²) in [6.07, 6.45) is 7.42. The van der Waals surface area contributed by atoms with E-state index in [0.29, 0.717) is 12.7 Å². The summed E-state index contributed by atoms with van der Waals surface area (Å²) in [4.78, 5) is 4.47. The van der Waals surface area contributed by atoms with Crippen LogP contribution in [-0.2, 0) is 17.9 Å². The van der Waals surface area contributed by atoms with Crippen molar-refractivity contribution in [2.45, 2.75) is 58.8 Å². The molecule has 1 saturated carbocycles. The van der Waals surface area contributed by atoms with Gasteiger partial charge in [0.15, 0.2) is 0 Å². The molecule has 0 bridgehead atoms. The summed E-state index contributed by atoms with van der Waals surface area (Å²) in [6, 6.07) is 4.22. The number of pyridine rings is 1. The minimum absolute atomic E-state index is 0.444. The van der Waals surface area contributed by atoms with E-state index < -0.39 is 0 Å². The van der Waals surface area contributed by atoms with Crippen LogP contribution in [0.2, 0.25) is 0 Å². The standard InChI is InChI=1S/C16H26N2O/c1-3-17-10-14-6-7-15(18-11-14)12-19-16-8-4-13(2)5-9-16/h6-7,11,13,16-17H,3-5,8-10,12H2,1-2H3. The molecule has 1 N–H and O–H groups in total. The number of aromatic nitrogens is 1. The van der Waals surface area contributed by atoms with Gasteiger partial charge in [0.05, 0.1) is 18.4 Å². The average molecular weight is 262 g/mol. The van der Waals surface area contributed by atoms with Crippen molar-refractivity contribution >= 4 is 0 Å². The Balaban J connectivity index is 1.73. The van der Waals surface area contributed by atoms with Crippen molar-refractivity contribution in [1.82, 2.24) is 10.3 Å². The van der Waals surface area contributed by atoms with Crippen molar-refractivity contribution in [3.63, 3.8) is 0 Å². The van der Waals surface area contributed by atoms with E-state index in [1.165, 1.54) is 31.2 Å². The molecule has 2 rings (SSSR count). The molecule has 106 valence electrons. The van der Waals surface area contributed by atoms with Gasteiger partial charge < -0.3 is 10.1 Å². The van der Waals surface area contributed by atoms with E-state index in [1.54, 1.807) is 0 Å². The van der Waals surface area contributed by atoms with E-state index in [0.717, 1.165) is 24.7 Å². The summed E-state index contributed by atoms with van der Waals surface area (Å²) in [6.45, 7) is 6.98. The summed E-state index contributed by atoms with van der Waals surface area (Å²) in [5, 5.41) is 3.30. The Morgan fingerprint density at radius 2 is 2.05 bits per heavy atom. The Morgan fingerprint density at radius 1 is 1.26 bits per heavy atom. The maximum Gasteiger partial charge on any atom is 0.0891 e. The van der Waals surface area contributed by atoms with Crippen molar-refractivity contribution in [3.8, 4) is 0 Å². The molecule has 0 unspecified atom stereocenters. The number of nitrogens with one attached hydrogen (secondary N) is 1. The van der Waals surface area contributed by atoms with E-state index in [2.05, 4.69) is 36.3 Å². The average Bonchev–Trinajstić information content (AvgIpc) is 2.46. The van der Waals surface area contributed by atoms with Crippen molar-refractivity contribution in [2.24, 2.45) is 5.92 Å². The minimum atomic E-state index is 0.444. The highest BCUT2D eigenvalue weighted by Gasteiger charge is 2.18. The van der Waals surface area contributed by atoms with Gasteiger partial charge in [0.25, 0.3) is 0 Å². The number of hydrogen-bond acceptors (Lipinski definition) is 3. The predicted octanol–water partition coefficient (Wildman–Crippen LogP) is 3.29. The smallest absolute Gasteiger partial charge is 0.0891 e. The first-order valence-corrected chi connectivity index (χ1v) is 7.54. The summed E-state index contributed by atoms with van der Waals surface area (Å²) in [5.41, 5.74) is 2.27. The van der Waals surface area contributed by atoms with Crippen LogP contribution >= 0.6 is 0 Å². The Hall–Kier alpha value is -0.930. The SMILES string of the molecule is CCNCc1ccc(COC2CCC(C)CC2)nc1. The van der Waals surface area contributed by atoms with Gasteiger partial charge in [0.2, 0.25) is 0 Å². The van der Waals surface area contributed by atoms with Gasteiger partial charge in [-0.05, 0) is 49.8 Å². The number of hydrogen-bond donors (Lipinski definition) is 1. The highest BCUT2D eigenvalue weighted by molar-refractivity contribution is 5.13. The molecule has 19 heavy (non-hydrogen) atoms. The van der Waals surface area contributed by atoms with Gasteiger partial charge in [-0.3, -0.25) is 4.98 Å². The lowest BCUT2D eigenvalue weighted by molar-refractivity contribution is 0.00727. The van der Waals surface area contributed by atoms with Crippen LogP contribution in [0.1, 0.15) is 50.8 Å². The first-order valence-electron chi connectivity index (χ1n) is 7.54. The lowest BCUT2D eigenvalue weighted by Crippen LogP contribution is -2.20. The molecular weight excluding hydrogens is 236 g/mol. The van der Waals surface area contributed by atoms with Crippen LogP contribution in [0.25, 0.3) is 0 Å². The van der Waals surface area contributed by atoms with E-state index in [4.69, 9.17) is 4.74 Å². The molecule has 3 nitrogen and oxygen atoms in total. The molecule has 1 aliphatic carbocycles. The van der Waals surface area contributed by atoms with E-state index >= 15 is 0 Å². The Bertz CT molecular complexity index is 356. The van der Waals surface area contributed by atoms with Gasteiger partial charge in [0, 0.05) is 12.7 Å². The number of nitrogens with zero attached hydrogens (tertiary/aromatic N) is 1. The lowest BCUT2D eigenvalue weighted by Gasteiger charge is -2.26. The van der Waals surface area contributed by atoms with Crippen molar-refractivity contribution in [3.05, 3.63) is 29.6 Å². The fraction of sp³-hybridized carbons (Fsp3) is 0.688. The topological polar surface area (TPSA) is 34.1 Å².